The molecule has 6 heteroatoms. The van der Waals surface area contributed by atoms with Crippen LogP contribution in [0.2, 0.25) is 0 Å². The van der Waals surface area contributed by atoms with Crippen LogP contribution in [0.3, 0.4) is 0 Å². The predicted octanol–water partition coefficient (Wildman–Crippen LogP) is 3.92. The van der Waals surface area contributed by atoms with Crippen LogP contribution < -0.4 is 5.32 Å². The lowest BCUT2D eigenvalue weighted by Crippen LogP contribution is -2.06. The highest BCUT2D eigenvalue weighted by atomic mass is 19.4. The van der Waals surface area contributed by atoms with Gasteiger partial charge in [0.2, 0.25) is 5.89 Å². The second-order valence-corrected chi connectivity index (χ2v) is 4.18. The lowest BCUT2D eigenvalue weighted by molar-refractivity contribution is -0.137. The van der Waals surface area contributed by atoms with Crippen molar-refractivity contribution in [3.8, 4) is 0 Å². The second-order valence-electron chi connectivity index (χ2n) is 4.18. The van der Waals surface area contributed by atoms with Gasteiger partial charge in [0.1, 0.15) is 5.76 Å². The molecule has 0 bridgehead atoms. The van der Waals surface area contributed by atoms with Crippen molar-refractivity contribution in [1.82, 2.24) is 4.98 Å². The Kier molecular flexibility index (Phi) is 3.50. The number of rotatable bonds is 3. The molecule has 0 saturated carbocycles. The van der Waals surface area contributed by atoms with E-state index in [-0.39, 0.29) is 6.54 Å². The van der Waals surface area contributed by atoms with E-state index in [1.54, 1.807) is 13.0 Å². The van der Waals surface area contributed by atoms with Crippen LogP contribution in [0, 0.1) is 13.8 Å². The number of hydrogen-bond acceptors (Lipinski definition) is 3. The number of anilines is 1. The molecule has 0 unspecified atom stereocenters. The van der Waals surface area contributed by atoms with Crippen molar-refractivity contribution >= 4 is 5.69 Å². The van der Waals surface area contributed by atoms with Crippen LogP contribution in [0.1, 0.15) is 22.9 Å². The Balaban J connectivity index is 2.07. The van der Waals surface area contributed by atoms with Crippen molar-refractivity contribution in [2.24, 2.45) is 0 Å². The van der Waals surface area contributed by atoms with Crippen molar-refractivity contribution in [1.29, 1.82) is 0 Å². The number of aromatic nitrogens is 1. The summed E-state index contributed by atoms with van der Waals surface area (Å²) >= 11 is 0. The molecule has 0 fully saturated rings. The zero-order valence-corrected chi connectivity index (χ0v) is 10.5. The Labute approximate surface area is 108 Å². The quantitative estimate of drug-likeness (QED) is 0.918. The van der Waals surface area contributed by atoms with Crippen molar-refractivity contribution < 1.29 is 17.6 Å². The number of hydrogen-bond donors (Lipinski definition) is 1. The summed E-state index contributed by atoms with van der Waals surface area (Å²) in [4.78, 5) is 4.15. The summed E-state index contributed by atoms with van der Waals surface area (Å²) in [7, 11) is 0. The molecular formula is C13H13F3N2O. The monoisotopic (exact) mass is 270 g/mol. The third-order valence-electron chi connectivity index (χ3n) is 2.71. The molecule has 102 valence electrons. The van der Waals surface area contributed by atoms with Gasteiger partial charge in [0.15, 0.2) is 0 Å². The predicted molar refractivity (Wildman–Crippen MR) is 64.7 cm³/mol. The summed E-state index contributed by atoms with van der Waals surface area (Å²) < 4.78 is 42.9. The van der Waals surface area contributed by atoms with E-state index in [0.717, 1.165) is 17.8 Å². The van der Waals surface area contributed by atoms with E-state index in [0.29, 0.717) is 17.3 Å². The summed E-state index contributed by atoms with van der Waals surface area (Å²) in [5.41, 5.74) is 0.474. The summed E-state index contributed by atoms with van der Waals surface area (Å²) in [5, 5.41) is 2.86. The van der Waals surface area contributed by atoms with Crippen LogP contribution in [0.25, 0.3) is 0 Å². The normalized spacial score (nSPS) is 11.6. The van der Waals surface area contributed by atoms with Crippen molar-refractivity contribution in [2.45, 2.75) is 26.6 Å². The first-order chi connectivity index (χ1) is 8.86. The Hall–Kier alpha value is -1.98. The molecule has 1 aromatic heterocycles. The molecule has 0 spiro atoms. The van der Waals surface area contributed by atoms with Gasteiger partial charge in [0.25, 0.3) is 0 Å². The van der Waals surface area contributed by atoms with Crippen molar-refractivity contribution in [3.05, 3.63) is 47.2 Å². The molecule has 1 aromatic carbocycles. The first-order valence-corrected chi connectivity index (χ1v) is 5.70. The molecule has 0 saturated heterocycles. The minimum absolute atomic E-state index is 0.246. The number of oxazole rings is 1. The highest BCUT2D eigenvalue weighted by Gasteiger charge is 2.30. The van der Waals surface area contributed by atoms with E-state index in [4.69, 9.17) is 4.42 Å². The molecular weight excluding hydrogens is 257 g/mol. The minimum atomic E-state index is -4.34. The average Bonchev–Trinajstić information content (AvgIpc) is 2.66. The molecule has 0 radical (unpaired) electrons. The molecule has 2 rings (SSSR count). The third-order valence-corrected chi connectivity index (χ3v) is 2.71. The van der Waals surface area contributed by atoms with Gasteiger partial charge >= 0.3 is 6.18 Å². The van der Waals surface area contributed by atoms with Gasteiger partial charge in [0.05, 0.1) is 17.8 Å². The molecule has 0 atom stereocenters. The summed E-state index contributed by atoms with van der Waals surface area (Å²) in [6.45, 7) is 3.85. The summed E-state index contributed by atoms with van der Waals surface area (Å²) in [6, 6.07) is 5.02. The van der Waals surface area contributed by atoms with Gasteiger partial charge < -0.3 is 9.73 Å². The van der Waals surface area contributed by atoms with Gasteiger partial charge in [-0.3, -0.25) is 0 Å². The number of alkyl halides is 3. The highest BCUT2D eigenvalue weighted by molar-refractivity contribution is 5.46. The van der Waals surface area contributed by atoms with Crippen LogP contribution >= 0.6 is 0 Å². The maximum absolute atomic E-state index is 12.5. The number of benzene rings is 1. The van der Waals surface area contributed by atoms with Crippen molar-refractivity contribution in [2.75, 3.05) is 5.32 Å². The van der Waals surface area contributed by atoms with Crippen LogP contribution in [-0.4, -0.2) is 4.98 Å². The lowest BCUT2D eigenvalue weighted by Gasteiger charge is -2.09. The Bertz CT molecular complexity index is 556. The summed E-state index contributed by atoms with van der Waals surface area (Å²) in [5.74, 6) is 1.16. The SMILES string of the molecule is Cc1nc(CNc2cccc(C(F)(F)F)c2)oc1C. The molecule has 1 N–H and O–H groups in total. The topological polar surface area (TPSA) is 38.1 Å². The van der Waals surface area contributed by atoms with E-state index in [1.165, 1.54) is 6.07 Å². The Morgan fingerprint density at radius 1 is 1.26 bits per heavy atom. The van der Waals surface area contributed by atoms with Crippen LogP contribution in [0.5, 0.6) is 0 Å². The number of nitrogens with zero attached hydrogens (tertiary/aromatic N) is 1. The Morgan fingerprint density at radius 3 is 2.58 bits per heavy atom. The first kappa shape index (κ1) is 13.5. The van der Waals surface area contributed by atoms with Gasteiger partial charge in [-0.25, -0.2) is 4.98 Å². The largest absolute Gasteiger partial charge is 0.444 e. The highest BCUT2D eigenvalue weighted by Crippen LogP contribution is 2.30. The Morgan fingerprint density at radius 2 is 2.00 bits per heavy atom. The lowest BCUT2D eigenvalue weighted by atomic mass is 10.2. The number of halogens is 3. The average molecular weight is 270 g/mol. The molecule has 3 nitrogen and oxygen atoms in total. The zero-order valence-electron chi connectivity index (χ0n) is 10.5. The fraction of sp³-hybridized carbons (Fsp3) is 0.308. The van der Waals surface area contributed by atoms with Gasteiger partial charge in [0, 0.05) is 5.69 Å². The molecule has 0 aliphatic carbocycles. The molecule has 2 aromatic rings. The third kappa shape index (κ3) is 3.27. The minimum Gasteiger partial charge on any atom is -0.444 e. The number of aryl methyl sites for hydroxylation is 2. The molecule has 19 heavy (non-hydrogen) atoms. The van der Waals surface area contributed by atoms with E-state index in [9.17, 15) is 13.2 Å². The smallest absolute Gasteiger partial charge is 0.416 e. The van der Waals surface area contributed by atoms with E-state index >= 15 is 0 Å². The fourth-order valence-corrected chi connectivity index (χ4v) is 1.60. The van der Waals surface area contributed by atoms with Gasteiger partial charge in [-0.2, -0.15) is 13.2 Å². The molecule has 0 amide bonds. The standard InChI is InChI=1S/C13H13F3N2O/c1-8-9(2)19-12(18-8)7-17-11-5-3-4-10(6-11)13(14,15)16/h3-6,17H,7H2,1-2H3. The number of nitrogens with one attached hydrogen (secondary N) is 1. The van der Waals surface area contributed by atoms with E-state index in [2.05, 4.69) is 10.3 Å². The molecule has 1 heterocycles. The van der Waals surface area contributed by atoms with Crippen LogP contribution in [0.15, 0.2) is 28.7 Å². The second kappa shape index (κ2) is 4.95. The maximum atomic E-state index is 12.5. The molecule has 0 aliphatic heterocycles. The fourth-order valence-electron chi connectivity index (χ4n) is 1.60. The van der Waals surface area contributed by atoms with Crippen LogP contribution in [-0.2, 0) is 12.7 Å². The van der Waals surface area contributed by atoms with E-state index < -0.39 is 11.7 Å². The van der Waals surface area contributed by atoms with Gasteiger partial charge in [-0.1, -0.05) is 6.07 Å². The van der Waals surface area contributed by atoms with Crippen LogP contribution in [0.4, 0.5) is 18.9 Å². The maximum Gasteiger partial charge on any atom is 0.416 e. The van der Waals surface area contributed by atoms with E-state index in [1.807, 2.05) is 6.92 Å². The van der Waals surface area contributed by atoms with Gasteiger partial charge in [-0.05, 0) is 32.0 Å². The zero-order chi connectivity index (χ0) is 14.0. The molecule has 0 aliphatic rings. The summed E-state index contributed by atoms with van der Waals surface area (Å²) in [6.07, 6.45) is -4.34. The van der Waals surface area contributed by atoms with Gasteiger partial charge in [-0.15, -0.1) is 0 Å². The van der Waals surface area contributed by atoms with Crippen molar-refractivity contribution in [3.63, 3.8) is 0 Å². The first-order valence-electron chi connectivity index (χ1n) is 5.70.